The summed E-state index contributed by atoms with van der Waals surface area (Å²) in [6.07, 6.45) is 2.41. The van der Waals surface area contributed by atoms with E-state index in [4.69, 9.17) is 21.3 Å². The molecule has 0 radical (unpaired) electrons. The number of para-hydroxylation sites is 1. The fourth-order valence-electron chi connectivity index (χ4n) is 3.16. The van der Waals surface area contributed by atoms with Gasteiger partial charge in [0, 0.05) is 24.2 Å². The molecule has 0 unspecified atom stereocenters. The van der Waals surface area contributed by atoms with Crippen LogP contribution in [0.15, 0.2) is 42.5 Å². The van der Waals surface area contributed by atoms with E-state index in [1.165, 1.54) is 12.8 Å². The van der Waals surface area contributed by atoms with Gasteiger partial charge in [-0.3, -0.25) is 0 Å². The molecule has 6 heteroatoms. The van der Waals surface area contributed by atoms with E-state index in [1.54, 1.807) is 7.11 Å². The molecular weight excluding hydrogens is 336 g/mol. The Bertz CT molecular complexity index is 909. The molecule has 2 aromatic carbocycles. The van der Waals surface area contributed by atoms with Crippen LogP contribution in [-0.2, 0) is 0 Å². The van der Waals surface area contributed by atoms with Gasteiger partial charge in [-0.1, -0.05) is 23.7 Å². The molecule has 0 aliphatic carbocycles. The van der Waals surface area contributed by atoms with Crippen molar-refractivity contribution in [3.63, 3.8) is 0 Å². The summed E-state index contributed by atoms with van der Waals surface area (Å²) in [5, 5.41) is 4.90. The van der Waals surface area contributed by atoms with E-state index in [-0.39, 0.29) is 0 Å². The van der Waals surface area contributed by atoms with Gasteiger partial charge in [0.1, 0.15) is 11.6 Å². The molecule has 1 N–H and O–H groups in total. The van der Waals surface area contributed by atoms with Crippen LogP contribution in [-0.4, -0.2) is 30.2 Å². The molecule has 0 spiro atoms. The van der Waals surface area contributed by atoms with Crippen molar-refractivity contribution in [1.82, 2.24) is 9.97 Å². The normalized spacial score (nSPS) is 14.1. The number of hydrogen-bond acceptors (Lipinski definition) is 5. The predicted octanol–water partition coefficient (Wildman–Crippen LogP) is 4.64. The van der Waals surface area contributed by atoms with Gasteiger partial charge < -0.3 is 15.0 Å². The molecule has 1 aliphatic heterocycles. The zero-order valence-corrected chi connectivity index (χ0v) is 14.8. The number of halogens is 1. The first-order valence-electron chi connectivity index (χ1n) is 8.37. The predicted molar refractivity (Wildman–Crippen MR) is 102 cm³/mol. The third-order valence-corrected chi connectivity index (χ3v) is 4.69. The van der Waals surface area contributed by atoms with E-state index >= 15 is 0 Å². The highest BCUT2D eigenvalue weighted by atomic mass is 35.5. The highest BCUT2D eigenvalue weighted by Gasteiger charge is 2.18. The van der Waals surface area contributed by atoms with Gasteiger partial charge in [0.25, 0.3) is 0 Å². The number of rotatable bonds is 4. The second kappa shape index (κ2) is 6.76. The number of ether oxygens (including phenoxy) is 1. The van der Waals surface area contributed by atoms with Gasteiger partial charge in [-0.05, 0) is 43.2 Å². The monoisotopic (exact) mass is 354 g/mol. The quantitative estimate of drug-likeness (QED) is 0.739. The zero-order chi connectivity index (χ0) is 17.2. The minimum atomic E-state index is 0.549. The Morgan fingerprint density at radius 2 is 1.88 bits per heavy atom. The summed E-state index contributed by atoms with van der Waals surface area (Å²) in [5.41, 5.74) is 1.76. The van der Waals surface area contributed by atoms with Gasteiger partial charge >= 0.3 is 0 Å². The van der Waals surface area contributed by atoms with Crippen molar-refractivity contribution >= 4 is 40.0 Å². The van der Waals surface area contributed by atoms with Crippen LogP contribution in [0.1, 0.15) is 12.8 Å². The van der Waals surface area contributed by atoms with Gasteiger partial charge in [-0.25, -0.2) is 4.98 Å². The number of fused-ring (bicyclic) bond motifs is 1. The summed E-state index contributed by atoms with van der Waals surface area (Å²) < 4.78 is 5.20. The molecule has 3 aromatic rings. The average Bonchev–Trinajstić information content (AvgIpc) is 3.16. The lowest BCUT2D eigenvalue weighted by molar-refractivity contribution is 0.415. The Kier molecular flexibility index (Phi) is 4.32. The topological polar surface area (TPSA) is 50.3 Å². The molecule has 128 valence electrons. The molecule has 1 fully saturated rings. The number of nitrogens with zero attached hydrogens (tertiary/aromatic N) is 3. The molecule has 1 saturated heterocycles. The Labute approximate surface area is 151 Å². The first kappa shape index (κ1) is 16.0. The Morgan fingerprint density at radius 3 is 2.64 bits per heavy atom. The van der Waals surface area contributed by atoms with E-state index in [0.29, 0.717) is 16.7 Å². The number of nitrogens with one attached hydrogen (secondary N) is 1. The molecule has 4 rings (SSSR count). The maximum Gasteiger partial charge on any atom is 0.229 e. The second-order valence-corrected chi connectivity index (χ2v) is 6.46. The summed E-state index contributed by atoms with van der Waals surface area (Å²) in [6, 6.07) is 13.7. The summed E-state index contributed by atoms with van der Waals surface area (Å²) in [5.74, 6) is 2.21. The molecule has 0 bridgehead atoms. The van der Waals surface area contributed by atoms with Gasteiger partial charge in [0.2, 0.25) is 5.95 Å². The minimum absolute atomic E-state index is 0.549. The van der Waals surface area contributed by atoms with E-state index in [0.717, 1.165) is 35.5 Å². The largest absolute Gasteiger partial charge is 0.495 e. The van der Waals surface area contributed by atoms with Crippen molar-refractivity contribution in [2.24, 2.45) is 0 Å². The number of benzene rings is 2. The van der Waals surface area contributed by atoms with Crippen molar-refractivity contribution in [2.45, 2.75) is 12.8 Å². The molecular formula is C19H19ClN4O. The molecule has 5 nitrogen and oxygen atoms in total. The van der Waals surface area contributed by atoms with Gasteiger partial charge in [-0.15, -0.1) is 0 Å². The average molecular weight is 355 g/mol. The third kappa shape index (κ3) is 3.20. The fraction of sp³-hybridized carbons (Fsp3) is 0.263. The lowest BCUT2D eigenvalue weighted by Gasteiger charge is -2.19. The van der Waals surface area contributed by atoms with Crippen LogP contribution in [0.2, 0.25) is 5.02 Å². The lowest BCUT2D eigenvalue weighted by Crippen LogP contribution is -2.20. The molecule has 0 atom stereocenters. The van der Waals surface area contributed by atoms with Gasteiger partial charge in [0.15, 0.2) is 0 Å². The van der Waals surface area contributed by atoms with Crippen LogP contribution in [0.4, 0.5) is 17.5 Å². The first-order valence-corrected chi connectivity index (χ1v) is 8.75. The van der Waals surface area contributed by atoms with Crippen LogP contribution >= 0.6 is 11.6 Å². The van der Waals surface area contributed by atoms with E-state index in [1.807, 2.05) is 36.4 Å². The lowest BCUT2D eigenvalue weighted by atomic mass is 10.2. The van der Waals surface area contributed by atoms with Crippen molar-refractivity contribution in [3.8, 4) is 5.75 Å². The molecule has 0 saturated carbocycles. The maximum atomic E-state index is 6.21. The van der Waals surface area contributed by atoms with Crippen LogP contribution in [0.5, 0.6) is 5.75 Å². The standard InChI is InChI=1S/C19H19ClN4O/c1-25-17-9-8-13(12-15(17)20)21-19-22-16-7-3-2-6-14(16)18(23-19)24-10-4-5-11-24/h2-3,6-9,12H,4-5,10-11H2,1H3,(H,21,22,23). The summed E-state index contributed by atoms with van der Waals surface area (Å²) in [4.78, 5) is 11.8. The summed E-state index contributed by atoms with van der Waals surface area (Å²) in [7, 11) is 1.60. The highest BCUT2D eigenvalue weighted by molar-refractivity contribution is 6.32. The van der Waals surface area contributed by atoms with Gasteiger partial charge in [-0.2, -0.15) is 4.98 Å². The van der Waals surface area contributed by atoms with Crippen molar-refractivity contribution in [1.29, 1.82) is 0 Å². The fourth-order valence-corrected chi connectivity index (χ4v) is 3.42. The van der Waals surface area contributed by atoms with Crippen molar-refractivity contribution in [3.05, 3.63) is 47.5 Å². The zero-order valence-electron chi connectivity index (χ0n) is 14.0. The summed E-state index contributed by atoms with van der Waals surface area (Å²) in [6.45, 7) is 2.07. The SMILES string of the molecule is COc1ccc(Nc2nc(N3CCCC3)c3ccccc3n2)cc1Cl. The van der Waals surface area contributed by atoms with Crippen LogP contribution < -0.4 is 15.0 Å². The Balaban J connectivity index is 1.73. The number of anilines is 3. The van der Waals surface area contributed by atoms with Gasteiger partial charge in [0.05, 0.1) is 17.6 Å². The molecule has 1 aliphatic rings. The van der Waals surface area contributed by atoms with Crippen LogP contribution in [0.3, 0.4) is 0 Å². The molecule has 0 amide bonds. The molecule has 2 heterocycles. The van der Waals surface area contributed by atoms with Crippen molar-refractivity contribution in [2.75, 3.05) is 30.4 Å². The maximum absolute atomic E-state index is 6.21. The first-order chi connectivity index (χ1) is 12.2. The van der Waals surface area contributed by atoms with Crippen LogP contribution in [0, 0.1) is 0 Å². The Morgan fingerprint density at radius 1 is 1.08 bits per heavy atom. The summed E-state index contributed by atoms with van der Waals surface area (Å²) >= 11 is 6.21. The Hall–Kier alpha value is -2.53. The molecule has 1 aromatic heterocycles. The third-order valence-electron chi connectivity index (χ3n) is 4.40. The number of hydrogen-bond donors (Lipinski definition) is 1. The van der Waals surface area contributed by atoms with E-state index in [2.05, 4.69) is 21.3 Å². The number of aromatic nitrogens is 2. The smallest absolute Gasteiger partial charge is 0.229 e. The molecule has 25 heavy (non-hydrogen) atoms. The van der Waals surface area contributed by atoms with E-state index < -0.39 is 0 Å². The second-order valence-electron chi connectivity index (χ2n) is 6.06. The number of methoxy groups -OCH3 is 1. The van der Waals surface area contributed by atoms with Crippen LogP contribution in [0.25, 0.3) is 10.9 Å². The highest BCUT2D eigenvalue weighted by Crippen LogP contribution is 2.31. The minimum Gasteiger partial charge on any atom is -0.495 e. The van der Waals surface area contributed by atoms with E-state index in [9.17, 15) is 0 Å². The van der Waals surface area contributed by atoms with Crippen molar-refractivity contribution < 1.29 is 4.74 Å².